The smallest absolute Gasteiger partial charge is 0.257 e. The SMILES string of the molecule is O=C(Nc1ccc(C=Cc2ccc(NC(=O)[C@@H]3CCCN3C(=O)c3cc(F)ccc3F)cc2)cc1)[C@@H]1CCCN1C(=O)c1cc(F)ccc1F. The maximum absolute atomic E-state index is 14.2. The van der Waals surface area contributed by atoms with Crippen LogP contribution in [0.1, 0.15) is 57.5 Å². The number of carbonyl (C=O) groups excluding carboxylic acids is 4. The number of amides is 4. The van der Waals surface area contributed by atoms with Crippen LogP contribution in [0.25, 0.3) is 12.2 Å². The second-order valence-electron chi connectivity index (χ2n) is 12.1. The lowest BCUT2D eigenvalue weighted by Gasteiger charge is -2.24. The molecule has 6 rings (SSSR count). The molecule has 4 aromatic rings. The van der Waals surface area contributed by atoms with Gasteiger partial charge in [0.1, 0.15) is 35.4 Å². The highest BCUT2D eigenvalue weighted by Crippen LogP contribution is 2.25. The van der Waals surface area contributed by atoms with E-state index in [0.717, 1.165) is 47.5 Å². The number of benzene rings is 4. The fourth-order valence-corrected chi connectivity index (χ4v) is 6.20. The fraction of sp³-hybridized carbons (Fsp3) is 0.211. The van der Waals surface area contributed by atoms with Crippen molar-refractivity contribution in [2.45, 2.75) is 37.8 Å². The second-order valence-corrected chi connectivity index (χ2v) is 12.1. The maximum Gasteiger partial charge on any atom is 0.257 e. The Kier molecular flexibility index (Phi) is 10.1. The van der Waals surface area contributed by atoms with E-state index in [-0.39, 0.29) is 13.1 Å². The van der Waals surface area contributed by atoms with Crippen LogP contribution in [0, 0.1) is 23.3 Å². The van der Waals surface area contributed by atoms with Gasteiger partial charge in [-0.3, -0.25) is 19.2 Å². The molecule has 2 N–H and O–H groups in total. The van der Waals surface area contributed by atoms with Gasteiger partial charge in [0, 0.05) is 24.5 Å². The second kappa shape index (κ2) is 14.8. The van der Waals surface area contributed by atoms with Crippen LogP contribution in [-0.4, -0.2) is 58.6 Å². The molecule has 0 radical (unpaired) electrons. The van der Waals surface area contributed by atoms with Crippen molar-refractivity contribution in [3.8, 4) is 0 Å². The molecule has 2 heterocycles. The predicted molar refractivity (Wildman–Crippen MR) is 180 cm³/mol. The summed E-state index contributed by atoms with van der Waals surface area (Å²) in [5, 5.41) is 5.60. The first-order valence-electron chi connectivity index (χ1n) is 16.1. The van der Waals surface area contributed by atoms with E-state index < -0.39 is 70.1 Å². The van der Waals surface area contributed by atoms with Crippen LogP contribution >= 0.6 is 0 Å². The molecule has 12 heteroatoms. The Bertz CT molecular complexity index is 1830. The van der Waals surface area contributed by atoms with Crippen molar-refractivity contribution in [3.63, 3.8) is 0 Å². The molecule has 0 aliphatic carbocycles. The van der Waals surface area contributed by atoms with Crippen molar-refractivity contribution in [2.24, 2.45) is 0 Å². The van der Waals surface area contributed by atoms with E-state index in [0.29, 0.717) is 37.1 Å². The summed E-state index contributed by atoms with van der Waals surface area (Å²) in [4.78, 5) is 54.5. The van der Waals surface area contributed by atoms with Crippen molar-refractivity contribution >= 4 is 47.2 Å². The van der Waals surface area contributed by atoms with Crippen molar-refractivity contribution in [3.05, 3.63) is 130 Å². The van der Waals surface area contributed by atoms with E-state index in [9.17, 15) is 36.7 Å². The highest BCUT2D eigenvalue weighted by Gasteiger charge is 2.37. The highest BCUT2D eigenvalue weighted by atomic mass is 19.1. The summed E-state index contributed by atoms with van der Waals surface area (Å²) in [6, 6.07) is 17.7. The van der Waals surface area contributed by atoms with Crippen LogP contribution in [0.3, 0.4) is 0 Å². The van der Waals surface area contributed by atoms with E-state index in [1.165, 1.54) is 9.80 Å². The monoisotopic (exact) mass is 684 g/mol. The molecule has 8 nitrogen and oxygen atoms in total. The zero-order valence-corrected chi connectivity index (χ0v) is 26.7. The van der Waals surface area contributed by atoms with Crippen LogP contribution < -0.4 is 10.6 Å². The van der Waals surface area contributed by atoms with Gasteiger partial charge in [0.25, 0.3) is 11.8 Å². The molecular formula is C38H32F4N4O4. The molecule has 2 aliphatic heterocycles. The number of nitrogens with one attached hydrogen (secondary N) is 2. The van der Waals surface area contributed by atoms with Crippen molar-refractivity contribution < 1.29 is 36.7 Å². The Labute approximate surface area is 285 Å². The van der Waals surface area contributed by atoms with Gasteiger partial charge in [0.2, 0.25) is 11.8 Å². The number of likely N-dealkylation sites (tertiary alicyclic amines) is 2. The Morgan fingerprint density at radius 2 is 0.940 bits per heavy atom. The lowest BCUT2D eigenvalue weighted by molar-refractivity contribution is -0.120. The minimum atomic E-state index is -0.849. The molecule has 2 saturated heterocycles. The topological polar surface area (TPSA) is 98.8 Å². The molecule has 2 aliphatic rings. The average Bonchev–Trinajstić information content (AvgIpc) is 3.81. The number of hydrogen-bond donors (Lipinski definition) is 2. The molecule has 4 aromatic carbocycles. The quantitative estimate of drug-likeness (QED) is 0.156. The van der Waals surface area contributed by atoms with E-state index >= 15 is 0 Å². The zero-order chi connectivity index (χ0) is 35.4. The predicted octanol–water partition coefficient (Wildman–Crippen LogP) is 6.90. The van der Waals surface area contributed by atoms with Gasteiger partial charge in [-0.1, -0.05) is 36.4 Å². The third-order valence-corrected chi connectivity index (χ3v) is 8.77. The first-order valence-corrected chi connectivity index (χ1v) is 16.1. The van der Waals surface area contributed by atoms with E-state index in [1.807, 2.05) is 12.2 Å². The summed E-state index contributed by atoms with van der Waals surface area (Å²) in [7, 11) is 0. The fourth-order valence-electron chi connectivity index (χ4n) is 6.20. The van der Waals surface area contributed by atoms with Crippen LogP contribution in [0.5, 0.6) is 0 Å². The molecule has 0 unspecified atom stereocenters. The van der Waals surface area contributed by atoms with E-state index in [4.69, 9.17) is 0 Å². The third-order valence-electron chi connectivity index (χ3n) is 8.77. The summed E-state index contributed by atoms with van der Waals surface area (Å²) in [5.74, 6) is -5.48. The minimum Gasteiger partial charge on any atom is -0.327 e. The number of anilines is 2. The maximum atomic E-state index is 14.2. The number of nitrogens with zero attached hydrogens (tertiary/aromatic N) is 2. The van der Waals surface area contributed by atoms with Crippen LogP contribution in [0.4, 0.5) is 28.9 Å². The van der Waals surface area contributed by atoms with E-state index in [2.05, 4.69) is 10.6 Å². The summed E-state index contributed by atoms with van der Waals surface area (Å²) < 4.78 is 55.7. The molecule has 50 heavy (non-hydrogen) atoms. The molecule has 0 aromatic heterocycles. The normalized spacial score (nSPS) is 17.3. The number of carbonyl (C=O) groups is 4. The molecule has 256 valence electrons. The minimum absolute atomic E-state index is 0.254. The van der Waals surface area contributed by atoms with Gasteiger partial charge in [-0.25, -0.2) is 17.6 Å². The number of rotatable bonds is 8. The largest absolute Gasteiger partial charge is 0.327 e. The Balaban J connectivity index is 1.02. The highest BCUT2D eigenvalue weighted by molar-refractivity contribution is 6.02. The van der Waals surface area contributed by atoms with Crippen LogP contribution in [0.15, 0.2) is 84.9 Å². The number of hydrogen-bond acceptors (Lipinski definition) is 4. The third kappa shape index (κ3) is 7.59. The number of halogens is 4. The van der Waals surface area contributed by atoms with Crippen molar-refractivity contribution in [1.29, 1.82) is 0 Å². The Hall–Kier alpha value is -5.78. The molecule has 4 amide bonds. The Morgan fingerprint density at radius 3 is 1.32 bits per heavy atom. The van der Waals surface area contributed by atoms with Gasteiger partial charge >= 0.3 is 0 Å². The van der Waals surface area contributed by atoms with Gasteiger partial charge in [-0.05, 0) is 97.5 Å². The summed E-state index contributed by atoms with van der Waals surface area (Å²) >= 11 is 0. The summed E-state index contributed by atoms with van der Waals surface area (Å²) in [6.45, 7) is 0.509. The zero-order valence-electron chi connectivity index (χ0n) is 26.7. The lowest BCUT2D eigenvalue weighted by atomic mass is 10.1. The molecule has 0 bridgehead atoms. The molecule has 0 spiro atoms. The molecular weight excluding hydrogens is 652 g/mol. The average molecular weight is 685 g/mol. The standard InChI is InChI=1S/C38H32F4N4O4/c39-25-11-17-31(41)29(21-25)37(49)45-19-1-3-33(45)35(47)43-27-13-7-23(8-14-27)5-6-24-9-15-28(16-10-24)44-36(48)34-4-2-20-46(34)38(50)30-22-26(40)12-18-32(30)42/h5-18,21-22,33-34H,1-4,19-20H2,(H,43,47)(H,44,48)/t33-,34-/m0/s1. The van der Waals surface area contributed by atoms with Gasteiger partial charge in [-0.15, -0.1) is 0 Å². The molecule has 2 fully saturated rings. The van der Waals surface area contributed by atoms with Crippen LogP contribution in [0.2, 0.25) is 0 Å². The van der Waals surface area contributed by atoms with Crippen molar-refractivity contribution in [1.82, 2.24) is 9.80 Å². The Morgan fingerprint density at radius 1 is 0.560 bits per heavy atom. The summed E-state index contributed by atoms with van der Waals surface area (Å²) in [5.41, 5.74) is 1.86. The first kappa shape index (κ1) is 34.1. The first-order chi connectivity index (χ1) is 24.1. The van der Waals surface area contributed by atoms with Gasteiger partial charge < -0.3 is 20.4 Å². The lowest BCUT2D eigenvalue weighted by Crippen LogP contribution is -2.43. The molecule has 0 saturated carbocycles. The summed E-state index contributed by atoms with van der Waals surface area (Å²) in [6.07, 6.45) is 5.62. The molecule has 2 atom stereocenters. The van der Waals surface area contributed by atoms with Gasteiger partial charge in [0.05, 0.1) is 11.1 Å². The van der Waals surface area contributed by atoms with Gasteiger partial charge in [0.15, 0.2) is 0 Å². The van der Waals surface area contributed by atoms with E-state index in [1.54, 1.807) is 48.5 Å². The van der Waals surface area contributed by atoms with Gasteiger partial charge in [-0.2, -0.15) is 0 Å². The van der Waals surface area contributed by atoms with Crippen LogP contribution in [-0.2, 0) is 9.59 Å². The van der Waals surface area contributed by atoms with Crippen molar-refractivity contribution in [2.75, 3.05) is 23.7 Å².